The van der Waals surface area contributed by atoms with Crippen LogP contribution in [0.15, 0.2) is 30.3 Å². The Kier molecular flexibility index (Phi) is 4.33. The third-order valence-corrected chi connectivity index (χ3v) is 4.52. The summed E-state index contributed by atoms with van der Waals surface area (Å²) in [6.07, 6.45) is 2.55. The van der Waals surface area contributed by atoms with Gasteiger partial charge in [-0.2, -0.15) is 5.10 Å². The number of aromatic nitrogens is 2. The van der Waals surface area contributed by atoms with Crippen LogP contribution in [0.3, 0.4) is 0 Å². The number of carbonyl (C=O) groups is 1. The molecular formula is C15H18N4O3S. The molecular weight excluding hydrogens is 316 g/mol. The van der Waals surface area contributed by atoms with E-state index in [4.69, 9.17) is 0 Å². The fraction of sp³-hybridized carbons (Fsp3) is 0.333. The first-order valence-corrected chi connectivity index (χ1v) is 8.48. The van der Waals surface area contributed by atoms with Crippen molar-refractivity contribution in [3.05, 3.63) is 41.6 Å². The molecule has 0 saturated heterocycles. The molecule has 8 heteroatoms. The van der Waals surface area contributed by atoms with E-state index < -0.39 is 10.9 Å². The molecule has 1 fully saturated rings. The third-order valence-electron chi connectivity index (χ3n) is 3.80. The summed E-state index contributed by atoms with van der Waals surface area (Å²) in [6, 6.07) is 8.70. The molecule has 1 aromatic carbocycles. The Morgan fingerprint density at radius 3 is 2.65 bits per heavy atom. The fourth-order valence-corrected chi connectivity index (χ4v) is 2.62. The van der Waals surface area contributed by atoms with Crippen molar-refractivity contribution in [1.82, 2.24) is 10.2 Å². The van der Waals surface area contributed by atoms with Crippen LogP contribution in [0.25, 0.3) is 0 Å². The van der Waals surface area contributed by atoms with E-state index in [0.29, 0.717) is 17.4 Å². The molecule has 122 valence electrons. The molecule has 0 unspecified atom stereocenters. The van der Waals surface area contributed by atoms with Crippen LogP contribution in [0.4, 0.5) is 11.5 Å². The Balaban J connectivity index is 1.58. The van der Waals surface area contributed by atoms with E-state index in [2.05, 4.69) is 15.5 Å². The SMILES string of the molecule is CN(c1ccc(CC(=O)Nc2cc(C3CC3)[nH]n2)cc1)[SH](=O)=O. The Morgan fingerprint density at radius 1 is 1.35 bits per heavy atom. The highest BCUT2D eigenvalue weighted by Crippen LogP contribution is 2.39. The van der Waals surface area contributed by atoms with Crippen LogP contribution in [0.2, 0.25) is 0 Å². The summed E-state index contributed by atoms with van der Waals surface area (Å²) in [5.74, 6) is 0.941. The van der Waals surface area contributed by atoms with Crippen molar-refractivity contribution in [2.24, 2.45) is 0 Å². The summed E-state index contributed by atoms with van der Waals surface area (Å²) < 4.78 is 23.0. The van der Waals surface area contributed by atoms with E-state index >= 15 is 0 Å². The maximum atomic E-state index is 12.0. The minimum Gasteiger partial charge on any atom is -0.309 e. The van der Waals surface area contributed by atoms with Gasteiger partial charge in [0.25, 0.3) is 0 Å². The molecule has 1 saturated carbocycles. The van der Waals surface area contributed by atoms with Gasteiger partial charge >= 0.3 is 0 Å². The van der Waals surface area contributed by atoms with Gasteiger partial charge in [-0.05, 0) is 30.5 Å². The van der Waals surface area contributed by atoms with E-state index in [0.717, 1.165) is 15.6 Å². The van der Waals surface area contributed by atoms with Gasteiger partial charge in [-0.1, -0.05) is 12.1 Å². The summed E-state index contributed by atoms with van der Waals surface area (Å²) in [7, 11) is -1.18. The Morgan fingerprint density at radius 2 is 2.04 bits per heavy atom. The first-order chi connectivity index (χ1) is 11.0. The number of rotatable bonds is 6. The molecule has 0 spiro atoms. The first-order valence-electron chi connectivity index (χ1n) is 7.35. The Labute approximate surface area is 135 Å². The molecule has 1 amide bonds. The zero-order valence-corrected chi connectivity index (χ0v) is 13.5. The van der Waals surface area contributed by atoms with Crippen LogP contribution in [-0.4, -0.2) is 31.6 Å². The van der Waals surface area contributed by atoms with Crippen molar-refractivity contribution in [2.45, 2.75) is 25.2 Å². The number of H-pyrrole nitrogens is 1. The minimum atomic E-state index is -2.65. The van der Waals surface area contributed by atoms with Crippen LogP contribution in [0.1, 0.15) is 30.0 Å². The van der Waals surface area contributed by atoms with Gasteiger partial charge in [0, 0.05) is 24.7 Å². The van der Waals surface area contributed by atoms with Gasteiger partial charge in [0.05, 0.1) is 12.1 Å². The van der Waals surface area contributed by atoms with E-state index in [1.165, 1.54) is 19.9 Å². The molecule has 0 radical (unpaired) electrons. The predicted octanol–water partition coefficient (Wildman–Crippen LogP) is 1.43. The van der Waals surface area contributed by atoms with Crippen LogP contribution < -0.4 is 9.62 Å². The smallest absolute Gasteiger partial charge is 0.229 e. The van der Waals surface area contributed by atoms with Crippen LogP contribution in [0, 0.1) is 0 Å². The molecule has 2 aromatic rings. The van der Waals surface area contributed by atoms with Gasteiger partial charge < -0.3 is 5.32 Å². The summed E-state index contributed by atoms with van der Waals surface area (Å²) >= 11 is 0. The summed E-state index contributed by atoms with van der Waals surface area (Å²) in [6.45, 7) is 0. The molecule has 3 rings (SSSR count). The number of nitrogens with zero attached hydrogens (tertiary/aromatic N) is 2. The Bertz CT molecular complexity index is 770. The molecule has 1 heterocycles. The molecule has 1 aliphatic rings. The third kappa shape index (κ3) is 3.89. The van der Waals surface area contributed by atoms with Gasteiger partial charge in [-0.3, -0.25) is 14.2 Å². The predicted molar refractivity (Wildman–Crippen MR) is 88.1 cm³/mol. The van der Waals surface area contributed by atoms with Crippen molar-refractivity contribution in [3.63, 3.8) is 0 Å². The van der Waals surface area contributed by atoms with E-state index in [9.17, 15) is 13.2 Å². The number of hydrogen-bond donors (Lipinski definition) is 3. The zero-order valence-electron chi connectivity index (χ0n) is 12.7. The van der Waals surface area contributed by atoms with E-state index in [-0.39, 0.29) is 12.3 Å². The standard InChI is InChI=1S/C15H18N4O3S/c1-19(23(21)22)12-6-2-10(3-7-12)8-15(20)16-14-9-13(17-18-14)11-4-5-11/h2-3,6-7,9,11,23H,4-5,8H2,1H3,(H2,16,17,18,20). The maximum Gasteiger partial charge on any atom is 0.229 e. The average Bonchev–Trinajstić information content (AvgIpc) is 3.27. The zero-order chi connectivity index (χ0) is 16.4. The van der Waals surface area contributed by atoms with Crippen LogP contribution >= 0.6 is 0 Å². The molecule has 7 nitrogen and oxygen atoms in total. The van der Waals surface area contributed by atoms with Gasteiger partial charge in [-0.15, -0.1) is 0 Å². The topological polar surface area (TPSA) is 95.2 Å². The second kappa shape index (κ2) is 6.41. The highest BCUT2D eigenvalue weighted by molar-refractivity contribution is 7.74. The molecule has 2 N–H and O–H groups in total. The second-order valence-electron chi connectivity index (χ2n) is 5.64. The van der Waals surface area contributed by atoms with E-state index in [1.54, 1.807) is 24.3 Å². The lowest BCUT2D eigenvalue weighted by atomic mass is 10.1. The van der Waals surface area contributed by atoms with E-state index in [1.807, 2.05) is 6.07 Å². The van der Waals surface area contributed by atoms with Gasteiger partial charge in [0.2, 0.25) is 16.8 Å². The number of hydrogen-bond acceptors (Lipinski definition) is 4. The van der Waals surface area contributed by atoms with Gasteiger partial charge in [-0.25, -0.2) is 8.42 Å². The average molecular weight is 334 g/mol. The fourth-order valence-electron chi connectivity index (χ4n) is 2.30. The van der Waals surface area contributed by atoms with Crippen molar-refractivity contribution in [2.75, 3.05) is 16.7 Å². The quantitative estimate of drug-likeness (QED) is 0.697. The number of anilines is 2. The molecule has 1 aliphatic carbocycles. The molecule has 1 aromatic heterocycles. The lowest BCUT2D eigenvalue weighted by molar-refractivity contribution is -0.115. The highest BCUT2D eigenvalue weighted by Gasteiger charge is 2.25. The Hall–Kier alpha value is -2.35. The number of thiol groups is 1. The largest absolute Gasteiger partial charge is 0.309 e. The maximum absolute atomic E-state index is 12.0. The second-order valence-corrected chi connectivity index (χ2v) is 6.71. The number of carbonyl (C=O) groups excluding carboxylic acids is 1. The minimum absolute atomic E-state index is 0.158. The van der Waals surface area contributed by atoms with Crippen LogP contribution in [0.5, 0.6) is 0 Å². The lowest BCUT2D eigenvalue weighted by Crippen LogP contribution is -2.16. The molecule has 23 heavy (non-hydrogen) atoms. The van der Waals surface area contributed by atoms with Crippen molar-refractivity contribution in [3.8, 4) is 0 Å². The van der Waals surface area contributed by atoms with Gasteiger partial charge in [0.15, 0.2) is 5.82 Å². The molecule has 0 atom stereocenters. The number of benzene rings is 1. The summed E-state index contributed by atoms with van der Waals surface area (Å²) in [5.41, 5.74) is 2.43. The first kappa shape index (κ1) is 15.5. The monoisotopic (exact) mass is 334 g/mol. The summed E-state index contributed by atoms with van der Waals surface area (Å²) in [5, 5.41) is 9.79. The number of amides is 1. The molecule has 0 bridgehead atoms. The lowest BCUT2D eigenvalue weighted by Gasteiger charge is -2.11. The van der Waals surface area contributed by atoms with Crippen molar-refractivity contribution < 1.29 is 13.2 Å². The highest BCUT2D eigenvalue weighted by atomic mass is 32.2. The normalized spacial score (nSPS) is 14.0. The number of aromatic amines is 1. The van der Waals surface area contributed by atoms with Crippen LogP contribution in [-0.2, 0) is 22.1 Å². The number of nitrogens with one attached hydrogen (secondary N) is 2. The van der Waals surface area contributed by atoms with Gasteiger partial charge in [0.1, 0.15) is 0 Å². The summed E-state index contributed by atoms with van der Waals surface area (Å²) in [4.78, 5) is 12.0. The van der Waals surface area contributed by atoms with Crippen molar-refractivity contribution in [1.29, 1.82) is 0 Å². The molecule has 0 aliphatic heterocycles. The van der Waals surface area contributed by atoms with Crippen molar-refractivity contribution >= 4 is 28.3 Å².